The molecule has 28 heavy (non-hydrogen) atoms. The maximum absolute atomic E-state index is 12.6. The van der Waals surface area contributed by atoms with Crippen LogP contribution < -0.4 is 4.90 Å². The summed E-state index contributed by atoms with van der Waals surface area (Å²) in [5.41, 5.74) is 1.72. The number of ether oxygens (including phenoxy) is 2. The molecule has 4 rings (SSSR count). The summed E-state index contributed by atoms with van der Waals surface area (Å²) in [5, 5.41) is 0.807. The minimum Gasteiger partial charge on any atom is -0.378 e. The molecule has 7 nitrogen and oxygen atoms in total. The summed E-state index contributed by atoms with van der Waals surface area (Å²) in [5.74, 6) is 1.33. The highest BCUT2D eigenvalue weighted by molar-refractivity contribution is 8.00. The molecule has 3 heterocycles. The van der Waals surface area contributed by atoms with E-state index in [0.717, 1.165) is 35.0 Å². The molecule has 0 unspecified atom stereocenters. The molecule has 0 N–H and O–H groups in total. The van der Waals surface area contributed by atoms with E-state index in [1.165, 1.54) is 11.8 Å². The number of para-hydroxylation sites is 2. The van der Waals surface area contributed by atoms with Crippen LogP contribution in [-0.4, -0.2) is 78.1 Å². The van der Waals surface area contributed by atoms with Crippen LogP contribution in [0.25, 0.3) is 11.0 Å². The molecule has 0 saturated carbocycles. The zero-order chi connectivity index (χ0) is 19.5. The summed E-state index contributed by atoms with van der Waals surface area (Å²) in [7, 11) is 0. The number of carbonyl (C=O) groups excluding carboxylic acids is 1. The van der Waals surface area contributed by atoms with Crippen LogP contribution in [0.15, 0.2) is 29.3 Å². The number of fused-ring (bicyclic) bond motifs is 1. The van der Waals surface area contributed by atoms with Crippen molar-refractivity contribution in [1.29, 1.82) is 0 Å². The molecule has 1 amide bonds. The van der Waals surface area contributed by atoms with E-state index in [4.69, 9.17) is 19.4 Å². The Hall–Kier alpha value is -1.90. The van der Waals surface area contributed by atoms with Gasteiger partial charge in [0.1, 0.15) is 5.03 Å². The summed E-state index contributed by atoms with van der Waals surface area (Å²) in [6.07, 6.45) is 0.259. The van der Waals surface area contributed by atoms with Gasteiger partial charge in [0.05, 0.1) is 42.2 Å². The molecule has 0 bridgehead atoms. The van der Waals surface area contributed by atoms with E-state index in [0.29, 0.717) is 32.1 Å². The smallest absolute Gasteiger partial charge is 0.233 e. The number of amides is 1. The largest absolute Gasteiger partial charge is 0.378 e. The Balaban J connectivity index is 1.58. The minimum atomic E-state index is 0.123. The molecule has 0 aliphatic carbocycles. The topological polar surface area (TPSA) is 67.8 Å². The van der Waals surface area contributed by atoms with E-state index < -0.39 is 0 Å². The second kappa shape index (κ2) is 8.63. The minimum absolute atomic E-state index is 0.123. The first-order valence-corrected chi connectivity index (χ1v) is 10.7. The number of morpholine rings is 2. The van der Waals surface area contributed by atoms with Crippen LogP contribution in [0.5, 0.6) is 0 Å². The Morgan fingerprint density at radius 3 is 2.43 bits per heavy atom. The maximum atomic E-state index is 12.6. The third-order valence-corrected chi connectivity index (χ3v) is 5.88. The highest BCUT2D eigenvalue weighted by Crippen LogP contribution is 2.31. The van der Waals surface area contributed by atoms with Gasteiger partial charge >= 0.3 is 0 Å². The molecule has 2 saturated heterocycles. The Kier molecular flexibility index (Phi) is 5.99. The van der Waals surface area contributed by atoms with E-state index in [-0.39, 0.29) is 18.1 Å². The van der Waals surface area contributed by atoms with Crippen molar-refractivity contribution in [2.75, 3.05) is 50.0 Å². The first-order chi connectivity index (χ1) is 13.6. The molecule has 2 atom stereocenters. The molecule has 8 heteroatoms. The molecule has 2 aromatic rings. The van der Waals surface area contributed by atoms with E-state index >= 15 is 0 Å². The van der Waals surface area contributed by atoms with Crippen LogP contribution in [0.1, 0.15) is 13.8 Å². The maximum Gasteiger partial charge on any atom is 0.233 e. The highest BCUT2D eigenvalue weighted by Gasteiger charge is 2.27. The first-order valence-electron chi connectivity index (χ1n) is 9.75. The third-order valence-electron chi connectivity index (χ3n) is 4.94. The van der Waals surface area contributed by atoms with Gasteiger partial charge in [-0.3, -0.25) is 4.79 Å². The van der Waals surface area contributed by atoms with E-state index in [2.05, 4.69) is 18.7 Å². The Labute approximate surface area is 169 Å². The van der Waals surface area contributed by atoms with Gasteiger partial charge in [-0.25, -0.2) is 9.97 Å². The van der Waals surface area contributed by atoms with Gasteiger partial charge in [-0.1, -0.05) is 23.9 Å². The number of carbonyl (C=O) groups is 1. The lowest BCUT2D eigenvalue weighted by Crippen LogP contribution is -2.46. The van der Waals surface area contributed by atoms with Crippen LogP contribution in [-0.2, 0) is 14.3 Å². The lowest BCUT2D eigenvalue weighted by molar-refractivity contribution is -0.132. The van der Waals surface area contributed by atoms with Gasteiger partial charge < -0.3 is 19.3 Å². The Bertz CT molecular complexity index is 833. The second-order valence-electron chi connectivity index (χ2n) is 7.29. The van der Waals surface area contributed by atoms with Crippen LogP contribution in [0, 0.1) is 0 Å². The SMILES string of the molecule is C[C@H]1CN(c2nc3ccccc3nc2SCC(=O)N2CCOCC2)C[C@H](C)O1. The number of rotatable bonds is 4. The van der Waals surface area contributed by atoms with Crippen molar-refractivity contribution in [3.8, 4) is 0 Å². The molecular weight excluding hydrogens is 376 g/mol. The van der Waals surface area contributed by atoms with Gasteiger partial charge in [-0.2, -0.15) is 0 Å². The zero-order valence-corrected chi connectivity index (χ0v) is 17.2. The van der Waals surface area contributed by atoms with E-state index in [1.807, 2.05) is 29.2 Å². The molecular formula is C20H26N4O3S. The fraction of sp³-hybridized carbons (Fsp3) is 0.550. The van der Waals surface area contributed by atoms with Gasteiger partial charge in [0.15, 0.2) is 5.82 Å². The lowest BCUT2D eigenvalue weighted by atomic mass is 10.2. The predicted octanol–water partition coefficient (Wildman–Crippen LogP) is 2.19. The average Bonchev–Trinajstić information content (AvgIpc) is 2.71. The van der Waals surface area contributed by atoms with Crippen molar-refractivity contribution in [2.45, 2.75) is 31.1 Å². The normalized spacial score (nSPS) is 23.2. The number of hydrogen-bond donors (Lipinski definition) is 0. The number of aromatic nitrogens is 2. The molecule has 1 aromatic carbocycles. The number of benzene rings is 1. The van der Waals surface area contributed by atoms with E-state index in [1.54, 1.807) is 0 Å². The van der Waals surface area contributed by atoms with Gasteiger partial charge in [-0.05, 0) is 26.0 Å². The molecule has 2 fully saturated rings. The first kappa shape index (κ1) is 19.4. The highest BCUT2D eigenvalue weighted by atomic mass is 32.2. The van der Waals surface area contributed by atoms with Crippen molar-refractivity contribution in [3.05, 3.63) is 24.3 Å². The predicted molar refractivity (Wildman–Crippen MR) is 110 cm³/mol. The van der Waals surface area contributed by atoms with Gasteiger partial charge in [0.2, 0.25) is 5.91 Å². The molecule has 150 valence electrons. The van der Waals surface area contributed by atoms with Crippen molar-refractivity contribution in [3.63, 3.8) is 0 Å². The Morgan fingerprint density at radius 2 is 1.75 bits per heavy atom. The fourth-order valence-corrected chi connectivity index (χ4v) is 4.57. The van der Waals surface area contributed by atoms with Crippen molar-refractivity contribution < 1.29 is 14.3 Å². The van der Waals surface area contributed by atoms with E-state index in [9.17, 15) is 4.79 Å². The summed E-state index contributed by atoms with van der Waals surface area (Å²) in [6, 6.07) is 7.88. The van der Waals surface area contributed by atoms with Crippen LogP contribution >= 0.6 is 11.8 Å². The summed E-state index contributed by atoms with van der Waals surface area (Å²) in [4.78, 5) is 26.4. The fourth-order valence-electron chi connectivity index (χ4n) is 3.66. The van der Waals surface area contributed by atoms with Gasteiger partial charge in [0.25, 0.3) is 0 Å². The summed E-state index contributed by atoms with van der Waals surface area (Å²) < 4.78 is 11.2. The molecule has 0 spiro atoms. The molecule has 1 aromatic heterocycles. The van der Waals surface area contributed by atoms with Crippen molar-refractivity contribution >= 4 is 34.5 Å². The number of nitrogens with zero attached hydrogens (tertiary/aromatic N) is 4. The lowest BCUT2D eigenvalue weighted by Gasteiger charge is -2.36. The quantitative estimate of drug-likeness (QED) is 0.726. The molecule has 0 radical (unpaired) electrons. The van der Waals surface area contributed by atoms with Crippen molar-refractivity contribution in [2.24, 2.45) is 0 Å². The third kappa shape index (κ3) is 4.39. The Morgan fingerprint density at radius 1 is 1.11 bits per heavy atom. The number of hydrogen-bond acceptors (Lipinski definition) is 7. The van der Waals surface area contributed by atoms with Crippen LogP contribution in [0.3, 0.4) is 0 Å². The molecule has 2 aliphatic heterocycles. The second-order valence-corrected chi connectivity index (χ2v) is 8.25. The molecule has 2 aliphatic rings. The standard InChI is InChI=1S/C20H26N4O3S/c1-14-11-24(12-15(2)27-14)19-20(22-17-6-4-3-5-16(17)21-19)28-13-18(25)23-7-9-26-10-8-23/h3-6,14-15H,7-13H2,1-2H3/t14-,15-/m0/s1. The van der Waals surface area contributed by atoms with Gasteiger partial charge in [0, 0.05) is 26.2 Å². The van der Waals surface area contributed by atoms with Crippen molar-refractivity contribution in [1.82, 2.24) is 14.9 Å². The zero-order valence-electron chi connectivity index (χ0n) is 16.3. The monoisotopic (exact) mass is 402 g/mol. The number of thioether (sulfide) groups is 1. The summed E-state index contributed by atoms with van der Waals surface area (Å²) in [6.45, 7) is 8.23. The number of anilines is 1. The van der Waals surface area contributed by atoms with Crippen LogP contribution in [0.4, 0.5) is 5.82 Å². The average molecular weight is 403 g/mol. The van der Waals surface area contributed by atoms with Gasteiger partial charge in [-0.15, -0.1) is 0 Å². The summed E-state index contributed by atoms with van der Waals surface area (Å²) >= 11 is 1.47. The van der Waals surface area contributed by atoms with Crippen LogP contribution in [0.2, 0.25) is 0 Å².